The molecule has 7 atom stereocenters. The number of ketones is 1. The molecule has 0 aromatic carbocycles. The van der Waals surface area contributed by atoms with Gasteiger partial charge in [0.25, 0.3) is 0 Å². The van der Waals surface area contributed by atoms with Gasteiger partial charge in [0.15, 0.2) is 0 Å². The predicted octanol–water partition coefficient (Wildman–Crippen LogP) is 4.72. The van der Waals surface area contributed by atoms with Crippen LogP contribution in [0, 0.1) is 0 Å². The average Bonchev–Trinajstić information content (AvgIpc) is 2.92. The summed E-state index contributed by atoms with van der Waals surface area (Å²) >= 11 is 0. The Hall–Kier alpha value is -0.610. The number of aliphatic hydroxyl groups excluding tert-OH is 6. The first-order valence-corrected chi connectivity index (χ1v) is 16.5. The summed E-state index contributed by atoms with van der Waals surface area (Å²) in [6.07, 6.45) is 16.6. The van der Waals surface area contributed by atoms with Crippen molar-refractivity contribution in [3.63, 3.8) is 0 Å². The van der Waals surface area contributed by atoms with Gasteiger partial charge >= 0.3 is 0 Å². The quantitative estimate of drug-likeness (QED) is 0.0813. The zero-order chi connectivity index (χ0) is 29.6. The maximum atomic E-state index is 12.2. The minimum Gasteiger partial charge on any atom is -0.394 e. The lowest BCUT2D eigenvalue weighted by Crippen LogP contribution is -2.61. The van der Waals surface area contributed by atoms with Crippen LogP contribution in [0.15, 0.2) is 0 Å². The fourth-order valence-corrected chi connectivity index (χ4v) is 5.67. The van der Waals surface area contributed by atoms with Gasteiger partial charge in [0.2, 0.25) is 0 Å². The summed E-state index contributed by atoms with van der Waals surface area (Å²) < 4.78 is 5.33. The Morgan fingerprint density at radius 3 is 1.43 bits per heavy atom. The minimum absolute atomic E-state index is 0.121. The second-order valence-corrected chi connectivity index (χ2v) is 12.2. The molecule has 1 heterocycles. The lowest BCUT2D eigenvalue weighted by molar-refractivity contribution is -0.248. The second-order valence-electron chi connectivity index (χ2n) is 12.2. The number of hydrogen-bond donors (Lipinski definition) is 6. The zero-order valence-corrected chi connectivity index (χ0v) is 25.3. The number of Topliss-reactive ketones (excluding diaryl/α,β-unsaturated/α-hetero) is 1. The number of rotatable bonds is 26. The summed E-state index contributed by atoms with van der Waals surface area (Å²) in [4.78, 5) is 12.2. The summed E-state index contributed by atoms with van der Waals surface area (Å²) in [7, 11) is 0. The van der Waals surface area contributed by atoms with E-state index in [1.807, 2.05) is 6.92 Å². The maximum absolute atomic E-state index is 12.2. The summed E-state index contributed by atoms with van der Waals surface area (Å²) in [5, 5.41) is 58.6. The van der Waals surface area contributed by atoms with Gasteiger partial charge in [-0.2, -0.15) is 0 Å². The minimum atomic E-state index is -1.55. The highest BCUT2D eigenvalue weighted by Crippen LogP contribution is 2.25. The van der Waals surface area contributed by atoms with Crippen LogP contribution < -0.4 is 0 Å². The molecule has 8 nitrogen and oxygen atoms in total. The molecule has 0 spiro atoms. The van der Waals surface area contributed by atoms with Crippen molar-refractivity contribution in [1.29, 1.82) is 0 Å². The Balaban J connectivity index is 1.87. The molecule has 0 saturated carbocycles. The van der Waals surface area contributed by atoms with E-state index in [1.165, 1.54) is 96.3 Å². The number of hydrogen-bond acceptors (Lipinski definition) is 8. The smallest absolute Gasteiger partial charge is 0.135 e. The molecule has 238 valence electrons. The first-order valence-electron chi connectivity index (χ1n) is 16.5. The monoisotopic (exact) mass is 574 g/mol. The molecule has 0 aromatic rings. The molecule has 1 aliphatic rings. The summed E-state index contributed by atoms with van der Waals surface area (Å²) in [6.45, 7) is 1.31. The van der Waals surface area contributed by atoms with E-state index in [2.05, 4.69) is 0 Å². The van der Waals surface area contributed by atoms with E-state index in [-0.39, 0.29) is 18.3 Å². The van der Waals surface area contributed by atoms with Gasteiger partial charge in [-0.05, 0) is 19.8 Å². The van der Waals surface area contributed by atoms with E-state index in [9.17, 15) is 35.4 Å². The highest BCUT2D eigenvalue weighted by atomic mass is 16.6. The molecule has 0 aromatic heterocycles. The molecule has 0 aliphatic carbocycles. The number of carbonyl (C=O) groups is 1. The Morgan fingerprint density at radius 1 is 0.625 bits per heavy atom. The van der Waals surface area contributed by atoms with Gasteiger partial charge in [-0.15, -0.1) is 0 Å². The van der Waals surface area contributed by atoms with Crippen LogP contribution in [0.5, 0.6) is 0 Å². The van der Waals surface area contributed by atoms with Crippen LogP contribution in [0.3, 0.4) is 0 Å². The lowest BCUT2D eigenvalue weighted by Gasteiger charge is -2.41. The largest absolute Gasteiger partial charge is 0.394 e. The van der Waals surface area contributed by atoms with E-state index in [0.29, 0.717) is 6.42 Å². The highest BCUT2D eigenvalue weighted by Gasteiger charge is 2.46. The summed E-state index contributed by atoms with van der Waals surface area (Å²) in [5.74, 6) is -0.121. The van der Waals surface area contributed by atoms with Gasteiger partial charge < -0.3 is 35.4 Å². The van der Waals surface area contributed by atoms with E-state index in [4.69, 9.17) is 4.74 Å². The molecule has 0 radical (unpaired) electrons. The van der Waals surface area contributed by atoms with E-state index in [1.54, 1.807) is 0 Å². The van der Waals surface area contributed by atoms with Gasteiger partial charge in [-0.25, -0.2) is 0 Å². The van der Waals surface area contributed by atoms with Crippen LogP contribution >= 0.6 is 0 Å². The van der Waals surface area contributed by atoms with Crippen LogP contribution in [0.2, 0.25) is 0 Å². The molecule has 1 fully saturated rings. The van der Waals surface area contributed by atoms with Crippen molar-refractivity contribution in [2.75, 3.05) is 6.61 Å². The molecule has 0 amide bonds. The Kier molecular flexibility index (Phi) is 22.4. The van der Waals surface area contributed by atoms with Crippen LogP contribution in [0.1, 0.15) is 148 Å². The SMILES string of the molecule is CC(O)CCCCCCCCCCCCCCCCCCCCCC(=O)C[C@@H](O)C1O[C@H](CO)[C@@H](O)[C@H](O)[C@H]1O. The Labute approximate surface area is 243 Å². The number of unbranched alkanes of at least 4 members (excludes halogenated alkanes) is 18. The molecule has 1 saturated heterocycles. The van der Waals surface area contributed by atoms with Crippen molar-refractivity contribution in [2.24, 2.45) is 0 Å². The molecule has 2 unspecified atom stereocenters. The van der Waals surface area contributed by atoms with Crippen molar-refractivity contribution < 1.29 is 40.2 Å². The van der Waals surface area contributed by atoms with Gasteiger partial charge in [-0.3, -0.25) is 4.79 Å². The van der Waals surface area contributed by atoms with E-state index >= 15 is 0 Å². The lowest BCUT2D eigenvalue weighted by atomic mass is 9.90. The molecule has 1 aliphatic heterocycles. The van der Waals surface area contributed by atoms with E-state index < -0.39 is 43.2 Å². The zero-order valence-electron chi connectivity index (χ0n) is 25.3. The highest BCUT2D eigenvalue weighted by molar-refractivity contribution is 5.78. The molecule has 8 heteroatoms. The van der Waals surface area contributed by atoms with Crippen LogP contribution in [-0.2, 0) is 9.53 Å². The third-order valence-electron chi connectivity index (χ3n) is 8.32. The maximum Gasteiger partial charge on any atom is 0.135 e. The van der Waals surface area contributed by atoms with E-state index in [0.717, 1.165) is 32.1 Å². The third kappa shape index (κ3) is 17.4. The van der Waals surface area contributed by atoms with Crippen LogP contribution in [0.25, 0.3) is 0 Å². The van der Waals surface area contributed by atoms with Gasteiger partial charge in [-0.1, -0.05) is 116 Å². The average molecular weight is 575 g/mol. The van der Waals surface area contributed by atoms with Crippen molar-refractivity contribution in [1.82, 2.24) is 0 Å². The molecule has 6 N–H and O–H groups in total. The Morgan fingerprint density at radius 2 is 1.02 bits per heavy atom. The fraction of sp³-hybridized carbons (Fsp3) is 0.969. The third-order valence-corrected chi connectivity index (χ3v) is 8.32. The number of ether oxygens (including phenoxy) is 1. The summed E-state index contributed by atoms with van der Waals surface area (Å²) in [6, 6.07) is 0. The Bertz CT molecular complexity index is 599. The molecular weight excluding hydrogens is 512 g/mol. The first-order chi connectivity index (χ1) is 19.3. The standard InChI is InChI=1S/C32H62O8/c1-25(34)21-19-17-15-13-11-9-7-5-3-2-4-6-8-10-12-14-16-18-20-22-26(35)23-27(36)32-31(39)30(38)29(37)28(24-33)40-32/h25,27-34,36-39H,2-24H2,1H3/t25?,27-,28-,29-,30+,31-,32?/m1/s1. The van der Waals surface area contributed by atoms with Crippen molar-refractivity contribution in [3.8, 4) is 0 Å². The summed E-state index contributed by atoms with van der Waals surface area (Å²) in [5.41, 5.74) is 0. The van der Waals surface area contributed by atoms with Crippen molar-refractivity contribution >= 4 is 5.78 Å². The molecular formula is C32H62O8. The molecule has 1 rings (SSSR count). The first kappa shape index (κ1) is 37.4. The van der Waals surface area contributed by atoms with Crippen LogP contribution in [0.4, 0.5) is 0 Å². The van der Waals surface area contributed by atoms with Crippen LogP contribution in [-0.4, -0.2) is 85.8 Å². The fourth-order valence-electron chi connectivity index (χ4n) is 5.67. The molecule has 0 bridgehead atoms. The topological polar surface area (TPSA) is 148 Å². The number of carbonyl (C=O) groups excluding carboxylic acids is 1. The van der Waals surface area contributed by atoms with Gasteiger partial charge in [0.1, 0.15) is 36.3 Å². The normalized spacial score (nSPS) is 24.7. The second kappa shape index (κ2) is 23.9. The van der Waals surface area contributed by atoms with Crippen molar-refractivity contribution in [2.45, 2.75) is 191 Å². The predicted molar refractivity (Wildman–Crippen MR) is 158 cm³/mol. The van der Waals surface area contributed by atoms with Gasteiger partial charge in [0, 0.05) is 12.8 Å². The van der Waals surface area contributed by atoms with Crippen molar-refractivity contribution in [3.05, 3.63) is 0 Å². The van der Waals surface area contributed by atoms with Gasteiger partial charge in [0.05, 0.1) is 18.8 Å². The number of aliphatic hydroxyl groups is 6. The molecule has 40 heavy (non-hydrogen) atoms.